The van der Waals surface area contributed by atoms with Crippen molar-refractivity contribution >= 4 is 12.4 Å². The fourth-order valence-electron chi connectivity index (χ4n) is 1.42. The van der Waals surface area contributed by atoms with Crippen molar-refractivity contribution in [3.63, 3.8) is 0 Å². The van der Waals surface area contributed by atoms with Gasteiger partial charge in [-0.1, -0.05) is 0 Å². The maximum atomic E-state index is 4.37. The molecule has 0 bridgehead atoms. The van der Waals surface area contributed by atoms with E-state index < -0.39 is 0 Å². The van der Waals surface area contributed by atoms with Gasteiger partial charge in [-0.05, 0) is 26.1 Å². The molecule has 4 nitrogen and oxygen atoms in total. The monoisotopic (exact) mass is 210 g/mol. The van der Waals surface area contributed by atoms with Crippen LogP contribution in [0.5, 0.6) is 0 Å². The number of nitrogens with zero attached hydrogens (tertiary/aromatic N) is 3. The van der Waals surface area contributed by atoms with Gasteiger partial charge in [0.2, 0.25) is 0 Å². The van der Waals surface area contributed by atoms with Crippen LogP contribution >= 0.6 is 0 Å². The largest absolute Gasteiger partial charge is 0.315 e. The quantitative estimate of drug-likeness (QED) is 0.630. The van der Waals surface area contributed by atoms with Crippen molar-refractivity contribution in [1.82, 2.24) is 10.2 Å². The van der Waals surface area contributed by atoms with Crippen molar-refractivity contribution in [2.24, 2.45) is 9.98 Å². The summed E-state index contributed by atoms with van der Waals surface area (Å²) in [5, 5.41) is 3.33. The van der Waals surface area contributed by atoms with Crippen molar-refractivity contribution in [1.29, 1.82) is 0 Å². The zero-order valence-electron chi connectivity index (χ0n) is 9.65. The fourth-order valence-corrected chi connectivity index (χ4v) is 1.42. The molecule has 0 spiro atoms. The first kappa shape index (κ1) is 12.3. The first-order chi connectivity index (χ1) is 7.39. The fraction of sp³-hybridized carbons (Fsp3) is 0.818. The molecular weight excluding hydrogens is 188 g/mol. The van der Waals surface area contributed by atoms with E-state index in [9.17, 15) is 0 Å². The van der Waals surface area contributed by atoms with Crippen molar-refractivity contribution in [2.75, 3.05) is 46.3 Å². The molecule has 0 amide bonds. The third-order valence-electron chi connectivity index (χ3n) is 2.38. The Balaban J connectivity index is 2.26. The molecule has 1 aliphatic rings. The minimum atomic E-state index is 0.890. The molecule has 1 aliphatic heterocycles. The summed E-state index contributed by atoms with van der Waals surface area (Å²) in [6.45, 7) is 5.90. The first-order valence-electron chi connectivity index (χ1n) is 5.75. The van der Waals surface area contributed by atoms with Gasteiger partial charge >= 0.3 is 0 Å². The first-order valence-corrected chi connectivity index (χ1v) is 5.75. The number of hydrogen-bond donors (Lipinski definition) is 1. The van der Waals surface area contributed by atoms with Crippen LogP contribution in [-0.2, 0) is 0 Å². The lowest BCUT2D eigenvalue weighted by molar-refractivity contribution is 0.355. The van der Waals surface area contributed by atoms with E-state index in [0.717, 1.165) is 52.1 Å². The Morgan fingerprint density at radius 1 is 1.00 bits per heavy atom. The van der Waals surface area contributed by atoms with Crippen LogP contribution in [0.25, 0.3) is 0 Å². The lowest BCUT2D eigenvalue weighted by Gasteiger charge is -2.13. The van der Waals surface area contributed by atoms with Crippen LogP contribution in [0.15, 0.2) is 9.98 Å². The summed E-state index contributed by atoms with van der Waals surface area (Å²) < 4.78 is 0. The number of rotatable bonds is 0. The van der Waals surface area contributed by atoms with Crippen molar-refractivity contribution < 1.29 is 0 Å². The topological polar surface area (TPSA) is 40.0 Å². The molecule has 0 saturated carbocycles. The molecule has 4 heteroatoms. The van der Waals surface area contributed by atoms with Crippen molar-refractivity contribution in [3.05, 3.63) is 0 Å². The van der Waals surface area contributed by atoms with Crippen LogP contribution in [0.4, 0.5) is 0 Å². The molecule has 1 heterocycles. The molecule has 0 radical (unpaired) electrons. The molecule has 0 unspecified atom stereocenters. The molecule has 0 fully saturated rings. The molecule has 0 saturated heterocycles. The molecule has 0 aromatic rings. The van der Waals surface area contributed by atoms with Gasteiger partial charge in [0, 0.05) is 32.4 Å². The van der Waals surface area contributed by atoms with E-state index in [2.05, 4.69) is 27.2 Å². The number of hydrogen-bond acceptors (Lipinski definition) is 4. The average Bonchev–Trinajstić information content (AvgIpc) is 2.24. The highest BCUT2D eigenvalue weighted by atomic mass is 15.1. The van der Waals surface area contributed by atoms with E-state index in [1.807, 2.05) is 12.4 Å². The third kappa shape index (κ3) is 7.22. The van der Waals surface area contributed by atoms with Gasteiger partial charge in [0.15, 0.2) is 0 Å². The van der Waals surface area contributed by atoms with E-state index in [-0.39, 0.29) is 0 Å². The summed E-state index contributed by atoms with van der Waals surface area (Å²) in [5.74, 6) is 0. The van der Waals surface area contributed by atoms with Crippen molar-refractivity contribution in [2.45, 2.75) is 12.8 Å². The standard InChI is InChI=1S/C11H22N4/c1-15-10-3-6-13-8-7-12-4-2-5-14-9-11-15/h5-6,12H,2-4,7-11H2,1H3. The van der Waals surface area contributed by atoms with Gasteiger partial charge in [-0.2, -0.15) is 0 Å². The third-order valence-corrected chi connectivity index (χ3v) is 2.38. The summed E-state index contributed by atoms with van der Waals surface area (Å²) in [6.07, 6.45) is 6.12. The number of likely N-dealkylation sites (N-methyl/N-ethyl adjacent to an activating group) is 1. The number of nitrogens with one attached hydrogen (secondary N) is 1. The number of aliphatic imine (C=N–C) groups is 2. The molecule has 0 aromatic carbocycles. The highest BCUT2D eigenvalue weighted by Gasteiger charge is 1.95. The minimum absolute atomic E-state index is 0.890. The van der Waals surface area contributed by atoms with E-state index in [1.54, 1.807) is 0 Å². The predicted octanol–water partition coefficient (Wildman–Crippen LogP) is 0.443. The molecular formula is C11H22N4. The second-order valence-electron chi connectivity index (χ2n) is 3.81. The highest BCUT2D eigenvalue weighted by molar-refractivity contribution is 5.57. The van der Waals surface area contributed by atoms with Gasteiger partial charge in [-0.3, -0.25) is 9.98 Å². The Morgan fingerprint density at radius 3 is 2.73 bits per heavy atom. The van der Waals surface area contributed by atoms with Crippen LogP contribution < -0.4 is 5.32 Å². The van der Waals surface area contributed by atoms with Gasteiger partial charge in [-0.15, -0.1) is 0 Å². The summed E-state index contributed by atoms with van der Waals surface area (Å²) in [7, 11) is 2.14. The summed E-state index contributed by atoms with van der Waals surface area (Å²) in [6, 6.07) is 0. The van der Waals surface area contributed by atoms with Gasteiger partial charge in [0.25, 0.3) is 0 Å². The average molecular weight is 210 g/mol. The lowest BCUT2D eigenvalue weighted by Crippen LogP contribution is -2.24. The zero-order chi connectivity index (χ0) is 10.8. The molecule has 1 N–H and O–H groups in total. The summed E-state index contributed by atoms with van der Waals surface area (Å²) >= 11 is 0. The van der Waals surface area contributed by atoms with Gasteiger partial charge < -0.3 is 10.2 Å². The lowest BCUT2D eigenvalue weighted by atomic mass is 10.4. The van der Waals surface area contributed by atoms with E-state index in [0.29, 0.717) is 0 Å². The Morgan fingerprint density at radius 2 is 1.80 bits per heavy atom. The smallest absolute Gasteiger partial charge is 0.0512 e. The van der Waals surface area contributed by atoms with Crippen LogP contribution in [0.2, 0.25) is 0 Å². The highest BCUT2D eigenvalue weighted by Crippen LogP contribution is 1.87. The Hall–Kier alpha value is -0.740. The van der Waals surface area contributed by atoms with Crippen molar-refractivity contribution in [3.8, 4) is 0 Å². The van der Waals surface area contributed by atoms with Gasteiger partial charge in [0.05, 0.1) is 13.1 Å². The van der Waals surface area contributed by atoms with Gasteiger partial charge in [-0.25, -0.2) is 0 Å². The molecule has 86 valence electrons. The SMILES string of the molecule is CN1CCC=NCCNCCC=NCC1. The van der Waals surface area contributed by atoms with E-state index in [1.165, 1.54) is 0 Å². The predicted molar refractivity (Wildman–Crippen MR) is 66.3 cm³/mol. The maximum absolute atomic E-state index is 4.37. The summed E-state index contributed by atoms with van der Waals surface area (Å²) in [5.41, 5.74) is 0. The second-order valence-corrected chi connectivity index (χ2v) is 3.81. The maximum Gasteiger partial charge on any atom is 0.0512 e. The minimum Gasteiger partial charge on any atom is -0.315 e. The second kappa shape index (κ2) is 8.56. The normalized spacial score (nSPS) is 22.5. The van der Waals surface area contributed by atoms with Crippen LogP contribution in [0, 0.1) is 0 Å². The Labute approximate surface area is 92.5 Å². The Bertz CT molecular complexity index is 181. The molecule has 1 rings (SSSR count). The van der Waals surface area contributed by atoms with E-state index in [4.69, 9.17) is 0 Å². The molecule has 15 heavy (non-hydrogen) atoms. The van der Waals surface area contributed by atoms with Gasteiger partial charge in [0.1, 0.15) is 0 Å². The summed E-state index contributed by atoms with van der Waals surface area (Å²) in [4.78, 5) is 11.0. The molecule has 0 atom stereocenters. The molecule has 0 aliphatic carbocycles. The Kier molecular flexibility index (Phi) is 7.04. The van der Waals surface area contributed by atoms with Crippen LogP contribution in [0.1, 0.15) is 12.8 Å². The van der Waals surface area contributed by atoms with Crippen LogP contribution in [0.3, 0.4) is 0 Å². The zero-order valence-corrected chi connectivity index (χ0v) is 9.65. The molecule has 0 aromatic heterocycles. The van der Waals surface area contributed by atoms with Crippen LogP contribution in [-0.4, -0.2) is 63.6 Å². The van der Waals surface area contributed by atoms with E-state index >= 15 is 0 Å².